The minimum absolute atomic E-state index is 0.0824. The van der Waals surface area contributed by atoms with Gasteiger partial charge in [-0.1, -0.05) is 50.2 Å². The molecule has 1 heterocycles. The predicted octanol–water partition coefficient (Wildman–Crippen LogP) is 5.77. The van der Waals surface area contributed by atoms with E-state index in [1.165, 1.54) is 24.0 Å². The summed E-state index contributed by atoms with van der Waals surface area (Å²) in [5.74, 6) is 1.23. The van der Waals surface area contributed by atoms with Crippen molar-refractivity contribution in [3.8, 4) is 17.1 Å². The zero-order valence-electron chi connectivity index (χ0n) is 16.2. The van der Waals surface area contributed by atoms with Crippen molar-refractivity contribution in [2.24, 2.45) is 0 Å². The average Bonchev–Trinajstić information content (AvgIpc) is 3.56. The zero-order valence-corrected chi connectivity index (χ0v) is 16.2. The molecule has 1 atom stereocenters. The Labute approximate surface area is 161 Å². The van der Waals surface area contributed by atoms with Crippen LogP contribution in [0.1, 0.15) is 56.8 Å². The zero-order chi connectivity index (χ0) is 19.2. The largest absolute Gasteiger partial charge is 0.468 e. The van der Waals surface area contributed by atoms with Gasteiger partial charge in [-0.25, -0.2) is 9.97 Å². The number of hydrogen-bond acceptors (Lipinski definition) is 4. The molecule has 4 heteroatoms. The summed E-state index contributed by atoms with van der Waals surface area (Å²) >= 11 is 0. The summed E-state index contributed by atoms with van der Waals surface area (Å²) in [6.07, 6.45) is 5.80. The Balaban J connectivity index is 0.00000102. The van der Waals surface area contributed by atoms with E-state index in [0.29, 0.717) is 11.8 Å². The summed E-state index contributed by atoms with van der Waals surface area (Å²) in [4.78, 5) is 8.88. The van der Waals surface area contributed by atoms with Crippen LogP contribution in [0.15, 0.2) is 60.9 Å². The number of rotatable bonds is 5. The van der Waals surface area contributed by atoms with Crippen LogP contribution in [0.5, 0.6) is 5.88 Å². The fourth-order valence-electron chi connectivity index (χ4n) is 3.13. The minimum Gasteiger partial charge on any atom is -0.468 e. The second-order valence-electron chi connectivity index (χ2n) is 6.50. The molecule has 1 fully saturated rings. The number of ether oxygens (including phenoxy) is 1. The average molecular weight is 361 g/mol. The van der Waals surface area contributed by atoms with Crippen molar-refractivity contribution in [2.75, 3.05) is 5.73 Å². The van der Waals surface area contributed by atoms with Gasteiger partial charge in [-0.05, 0) is 48.9 Å². The van der Waals surface area contributed by atoms with Crippen molar-refractivity contribution in [2.45, 2.75) is 45.6 Å². The first-order valence-electron chi connectivity index (χ1n) is 9.65. The van der Waals surface area contributed by atoms with Crippen LogP contribution in [0, 0.1) is 0 Å². The molecule has 4 rings (SSSR count). The molecule has 1 aliphatic rings. The summed E-state index contributed by atoms with van der Waals surface area (Å²) in [5.41, 5.74) is 10.8. The molecule has 1 saturated carbocycles. The van der Waals surface area contributed by atoms with Gasteiger partial charge in [-0.3, -0.25) is 0 Å². The highest BCUT2D eigenvalue weighted by Crippen LogP contribution is 2.43. The Kier molecular flexibility index (Phi) is 6.07. The molecular weight excluding hydrogens is 334 g/mol. The summed E-state index contributed by atoms with van der Waals surface area (Å²) in [6.45, 7) is 6.07. The molecule has 1 aliphatic carbocycles. The third-order valence-electron chi connectivity index (χ3n) is 4.59. The van der Waals surface area contributed by atoms with Crippen LogP contribution in [0.3, 0.4) is 0 Å². The SMILES string of the molecule is CC.CC(Oc1nccnc1-c1ccc(N)cc1)c1ccccc1C1CC1. The lowest BCUT2D eigenvalue weighted by Crippen LogP contribution is -2.08. The number of nitrogen functional groups attached to an aromatic ring is 1. The lowest BCUT2D eigenvalue weighted by molar-refractivity contribution is 0.216. The van der Waals surface area contributed by atoms with Crippen LogP contribution in [-0.4, -0.2) is 9.97 Å². The summed E-state index contributed by atoms with van der Waals surface area (Å²) in [6, 6.07) is 16.1. The second-order valence-corrected chi connectivity index (χ2v) is 6.50. The van der Waals surface area contributed by atoms with Crippen molar-refractivity contribution >= 4 is 5.69 Å². The highest BCUT2D eigenvalue weighted by molar-refractivity contribution is 5.66. The molecule has 27 heavy (non-hydrogen) atoms. The minimum atomic E-state index is -0.0824. The van der Waals surface area contributed by atoms with Gasteiger partial charge in [0.2, 0.25) is 5.88 Å². The summed E-state index contributed by atoms with van der Waals surface area (Å²) < 4.78 is 6.23. The molecule has 140 valence electrons. The molecule has 0 radical (unpaired) electrons. The Hall–Kier alpha value is -2.88. The molecule has 0 bridgehead atoms. The normalized spacial score (nSPS) is 14.0. The predicted molar refractivity (Wildman–Crippen MR) is 111 cm³/mol. The molecular formula is C23H27N3O. The molecule has 2 N–H and O–H groups in total. The van der Waals surface area contributed by atoms with Crippen LogP contribution in [0.2, 0.25) is 0 Å². The summed E-state index contributed by atoms with van der Waals surface area (Å²) in [7, 11) is 0. The van der Waals surface area contributed by atoms with Gasteiger partial charge in [0.1, 0.15) is 11.8 Å². The molecule has 3 aromatic rings. The molecule has 0 saturated heterocycles. The quantitative estimate of drug-likeness (QED) is 0.586. The van der Waals surface area contributed by atoms with Gasteiger partial charge in [0.05, 0.1) is 0 Å². The van der Waals surface area contributed by atoms with Crippen molar-refractivity contribution in [1.82, 2.24) is 9.97 Å². The molecule has 0 amide bonds. The van der Waals surface area contributed by atoms with E-state index in [4.69, 9.17) is 10.5 Å². The van der Waals surface area contributed by atoms with E-state index in [0.717, 1.165) is 16.9 Å². The maximum Gasteiger partial charge on any atom is 0.241 e. The van der Waals surface area contributed by atoms with Crippen molar-refractivity contribution in [3.63, 3.8) is 0 Å². The maximum absolute atomic E-state index is 6.23. The van der Waals surface area contributed by atoms with Crippen molar-refractivity contribution < 1.29 is 4.74 Å². The molecule has 0 spiro atoms. The maximum atomic E-state index is 6.23. The second kappa shape index (κ2) is 8.67. The number of anilines is 1. The van der Waals surface area contributed by atoms with Crippen LogP contribution in [-0.2, 0) is 0 Å². The molecule has 4 nitrogen and oxygen atoms in total. The van der Waals surface area contributed by atoms with Crippen LogP contribution < -0.4 is 10.5 Å². The highest BCUT2D eigenvalue weighted by Gasteiger charge is 2.28. The van der Waals surface area contributed by atoms with Crippen molar-refractivity contribution in [3.05, 3.63) is 72.1 Å². The van der Waals surface area contributed by atoms with Gasteiger partial charge in [-0.15, -0.1) is 0 Å². The van der Waals surface area contributed by atoms with Crippen LogP contribution in [0.25, 0.3) is 11.3 Å². The van der Waals surface area contributed by atoms with Crippen molar-refractivity contribution in [1.29, 1.82) is 0 Å². The molecule has 1 aromatic heterocycles. The number of hydrogen-bond donors (Lipinski definition) is 1. The Bertz CT molecular complexity index is 873. The van der Waals surface area contributed by atoms with E-state index in [9.17, 15) is 0 Å². The molecule has 2 aromatic carbocycles. The fourth-order valence-corrected chi connectivity index (χ4v) is 3.13. The Morgan fingerprint density at radius 2 is 1.63 bits per heavy atom. The monoisotopic (exact) mass is 361 g/mol. The van der Waals surface area contributed by atoms with E-state index in [1.54, 1.807) is 12.4 Å². The smallest absolute Gasteiger partial charge is 0.241 e. The fraction of sp³-hybridized carbons (Fsp3) is 0.304. The van der Waals surface area contributed by atoms with Crippen LogP contribution in [0.4, 0.5) is 5.69 Å². The van der Waals surface area contributed by atoms with Gasteiger partial charge in [0.15, 0.2) is 0 Å². The summed E-state index contributed by atoms with van der Waals surface area (Å²) in [5, 5.41) is 0. The van der Waals surface area contributed by atoms with Crippen LogP contribution >= 0.6 is 0 Å². The third-order valence-corrected chi connectivity index (χ3v) is 4.59. The standard InChI is InChI=1S/C21H21N3O.C2H6/c1-14(18-4-2-3-5-19(18)15-6-7-15)25-21-20(23-12-13-24-21)16-8-10-17(22)11-9-16;1-2/h2-5,8-15H,6-7,22H2,1H3;1-2H3. The topological polar surface area (TPSA) is 61.0 Å². The Morgan fingerprint density at radius 3 is 2.33 bits per heavy atom. The van der Waals surface area contributed by atoms with E-state index in [1.807, 2.05) is 38.1 Å². The van der Waals surface area contributed by atoms with E-state index >= 15 is 0 Å². The van der Waals surface area contributed by atoms with E-state index in [-0.39, 0.29) is 6.10 Å². The number of aromatic nitrogens is 2. The number of nitrogens with two attached hydrogens (primary N) is 1. The number of nitrogens with zero attached hydrogens (tertiary/aromatic N) is 2. The first-order chi connectivity index (χ1) is 13.2. The lowest BCUT2D eigenvalue weighted by Gasteiger charge is -2.19. The first kappa shape index (κ1) is 18.9. The van der Waals surface area contributed by atoms with Gasteiger partial charge >= 0.3 is 0 Å². The van der Waals surface area contributed by atoms with Gasteiger partial charge in [0.25, 0.3) is 0 Å². The van der Waals surface area contributed by atoms with E-state index < -0.39 is 0 Å². The lowest BCUT2D eigenvalue weighted by atomic mass is 9.99. The Morgan fingerprint density at radius 1 is 0.963 bits per heavy atom. The third kappa shape index (κ3) is 4.45. The number of benzene rings is 2. The van der Waals surface area contributed by atoms with E-state index in [2.05, 4.69) is 41.2 Å². The first-order valence-corrected chi connectivity index (χ1v) is 9.65. The van der Waals surface area contributed by atoms with Gasteiger partial charge in [-0.2, -0.15) is 0 Å². The van der Waals surface area contributed by atoms with Gasteiger partial charge in [0, 0.05) is 23.6 Å². The highest BCUT2D eigenvalue weighted by atomic mass is 16.5. The molecule has 1 unspecified atom stereocenters. The van der Waals surface area contributed by atoms with Gasteiger partial charge < -0.3 is 10.5 Å². The molecule has 0 aliphatic heterocycles.